The zero-order chi connectivity index (χ0) is 43.8. The first-order valence-electron chi connectivity index (χ1n) is 21.2. The van der Waals surface area contributed by atoms with Crippen LogP contribution in [-0.4, -0.2) is 154 Å². The van der Waals surface area contributed by atoms with Crippen LogP contribution in [0.3, 0.4) is 0 Å². The summed E-state index contributed by atoms with van der Waals surface area (Å²) in [6.45, 7) is 8.17. The normalized spacial score (nSPS) is 22.8. The molecule has 3 aliphatic heterocycles. The monoisotopic (exact) mass is 837 g/mol. The Balaban J connectivity index is 1.68. The number of aliphatic hydroxyl groups is 1. The summed E-state index contributed by atoms with van der Waals surface area (Å²) < 4.78 is 0. The molecule has 3 saturated heterocycles. The molecule has 0 aromatic heterocycles. The minimum absolute atomic E-state index is 0.0850. The lowest BCUT2D eigenvalue weighted by Crippen LogP contribution is -2.59. The molecule has 0 bridgehead atoms. The molecule has 20 nitrogen and oxygen atoms in total. The first-order valence-corrected chi connectivity index (χ1v) is 21.2. The van der Waals surface area contributed by atoms with Gasteiger partial charge in [-0.05, 0) is 110 Å². The fourth-order valence-corrected chi connectivity index (χ4v) is 7.79. The molecule has 0 saturated carbocycles. The second-order valence-corrected chi connectivity index (χ2v) is 16.4. The van der Waals surface area contributed by atoms with Gasteiger partial charge in [-0.1, -0.05) is 13.8 Å². The molecular weight excluding hydrogens is 768 g/mol. The van der Waals surface area contributed by atoms with Gasteiger partial charge >= 0.3 is 5.97 Å². The topological polar surface area (TPSA) is 308 Å². The third-order valence-electron chi connectivity index (χ3n) is 11.0. The molecule has 0 unspecified atom stereocenters. The van der Waals surface area contributed by atoms with Gasteiger partial charge in [0.25, 0.3) is 0 Å². The lowest BCUT2D eigenvalue weighted by Gasteiger charge is -2.30. The van der Waals surface area contributed by atoms with E-state index in [1.165, 1.54) is 23.6 Å². The van der Waals surface area contributed by atoms with Crippen LogP contribution in [0.2, 0.25) is 0 Å². The second-order valence-electron chi connectivity index (χ2n) is 16.4. The molecule has 3 heterocycles. The summed E-state index contributed by atoms with van der Waals surface area (Å²) in [5.41, 5.74) is 11.2. The summed E-state index contributed by atoms with van der Waals surface area (Å²) in [6.07, 6.45) is 3.78. The van der Waals surface area contributed by atoms with Gasteiger partial charge in [-0.2, -0.15) is 0 Å². The molecule has 20 heteroatoms. The minimum atomic E-state index is -1.19. The van der Waals surface area contributed by atoms with Gasteiger partial charge in [0, 0.05) is 19.5 Å². The number of likely N-dealkylation sites (tertiary alicyclic amines) is 2. The van der Waals surface area contributed by atoms with E-state index in [2.05, 4.69) is 31.9 Å². The fourth-order valence-electron chi connectivity index (χ4n) is 7.79. The average Bonchev–Trinajstić information content (AvgIpc) is 3.98. The summed E-state index contributed by atoms with van der Waals surface area (Å²) in [5.74, 6) is -5.33. The number of carbonyl (C=O) groups excluding carboxylic acids is 7. The van der Waals surface area contributed by atoms with Crippen LogP contribution in [0.5, 0.6) is 0 Å². The molecular formula is C39H68N10O10. The Hall–Kier alpha value is -4.40. The van der Waals surface area contributed by atoms with E-state index in [1.807, 2.05) is 13.8 Å². The number of hydrogen-bond donors (Lipinski definition) is 10. The zero-order valence-electron chi connectivity index (χ0n) is 35.0. The molecule has 0 radical (unpaired) electrons. The summed E-state index contributed by atoms with van der Waals surface area (Å²) >= 11 is 0. The smallest absolute Gasteiger partial charge is 0.326 e. The highest BCUT2D eigenvalue weighted by Gasteiger charge is 2.43. The number of aliphatic carboxylic acids is 1. The number of carboxylic acids is 1. The molecule has 12 N–H and O–H groups in total. The maximum atomic E-state index is 13.9. The highest BCUT2D eigenvalue weighted by atomic mass is 16.4. The molecule has 59 heavy (non-hydrogen) atoms. The van der Waals surface area contributed by atoms with Crippen molar-refractivity contribution in [1.82, 2.24) is 41.7 Å². The van der Waals surface area contributed by atoms with Gasteiger partial charge in [-0.25, -0.2) is 4.79 Å². The van der Waals surface area contributed by atoms with Crippen molar-refractivity contribution in [3.63, 3.8) is 0 Å². The molecule has 3 fully saturated rings. The molecule has 7 amide bonds. The molecule has 9 atom stereocenters. The van der Waals surface area contributed by atoms with Gasteiger partial charge in [0.1, 0.15) is 42.3 Å². The van der Waals surface area contributed by atoms with E-state index in [4.69, 9.17) is 11.5 Å². The molecule has 0 aromatic carbocycles. The molecule has 334 valence electrons. The zero-order valence-corrected chi connectivity index (χ0v) is 35.0. The van der Waals surface area contributed by atoms with Crippen molar-refractivity contribution in [3.05, 3.63) is 0 Å². The predicted molar refractivity (Wildman–Crippen MR) is 216 cm³/mol. The standard InChI is InChI=1S/C39H68N10O10/c1-22(2)19-29(34(53)44-23(3)37(56)48-18-10-14-30(48)35(54)46-28(39(58)59)12-6-8-16-41)47-33(52)27(11-5-7-15-40)45-36(55)31-20-25(50)21-49(31)38(57)24(4)43-32(51)26-13-9-17-42-26/h22-31,42,50H,5-21,40-41H2,1-4H3,(H,43,51)(H,44,53)(H,45,55)(H,46,54)(H,47,52)(H,58,59)/t23-,24-,25+,26-,27-,28-,29-,30-,31-/m0/s1. The maximum Gasteiger partial charge on any atom is 0.326 e. The Kier molecular flexibility index (Phi) is 19.9. The molecule has 3 rings (SSSR count). The van der Waals surface area contributed by atoms with Crippen molar-refractivity contribution in [2.24, 2.45) is 17.4 Å². The van der Waals surface area contributed by atoms with Gasteiger partial charge < -0.3 is 63.4 Å². The van der Waals surface area contributed by atoms with Crippen molar-refractivity contribution in [2.45, 2.75) is 159 Å². The van der Waals surface area contributed by atoms with Crippen molar-refractivity contribution in [2.75, 3.05) is 32.7 Å². The highest BCUT2D eigenvalue weighted by Crippen LogP contribution is 2.22. The van der Waals surface area contributed by atoms with E-state index < -0.39 is 95.9 Å². The van der Waals surface area contributed by atoms with E-state index in [0.717, 1.165) is 6.42 Å². The second kappa shape index (κ2) is 24.0. The Bertz CT molecular complexity index is 1480. The van der Waals surface area contributed by atoms with Crippen LogP contribution in [-0.2, 0) is 38.4 Å². The quantitative estimate of drug-likeness (QED) is 0.0479. The third-order valence-corrected chi connectivity index (χ3v) is 11.0. The van der Waals surface area contributed by atoms with Crippen LogP contribution < -0.4 is 43.4 Å². The van der Waals surface area contributed by atoms with Crippen LogP contribution in [0.25, 0.3) is 0 Å². The van der Waals surface area contributed by atoms with E-state index in [0.29, 0.717) is 64.6 Å². The number of carbonyl (C=O) groups is 8. The number of β-amino-alcohol motifs (C(OH)–C–C–N with tert-alkyl or cyclic N) is 1. The lowest BCUT2D eigenvalue weighted by atomic mass is 10.0. The van der Waals surface area contributed by atoms with Gasteiger partial charge in [-0.3, -0.25) is 33.6 Å². The Morgan fingerprint density at radius 2 is 1.25 bits per heavy atom. The average molecular weight is 837 g/mol. The van der Waals surface area contributed by atoms with Crippen molar-refractivity contribution < 1.29 is 48.6 Å². The third kappa shape index (κ3) is 14.7. The largest absolute Gasteiger partial charge is 0.480 e. The van der Waals surface area contributed by atoms with Crippen LogP contribution >= 0.6 is 0 Å². The van der Waals surface area contributed by atoms with Gasteiger partial charge in [0.05, 0.1) is 12.1 Å². The number of rotatable bonds is 23. The van der Waals surface area contributed by atoms with Crippen LogP contribution in [0, 0.1) is 5.92 Å². The molecule has 0 aliphatic carbocycles. The van der Waals surface area contributed by atoms with Gasteiger partial charge in [0.2, 0.25) is 41.4 Å². The highest BCUT2D eigenvalue weighted by molar-refractivity contribution is 5.97. The summed E-state index contributed by atoms with van der Waals surface area (Å²) in [7, 11) is 0. The van der Waals surface area contributed by atoms with E-state index in [1.54, 1.807) is 0 Å². The molecule has 3 aliphatic rings. The first-order chi connectivity index (χ1) is 28.0. The van der Waals surface area contributed by atoms with Crippen LogP contribution in [0.15, 0.2) is 0 Å². The predicted octanol–water partition coefficient (Wildman–Crippen LogP) is -2.46. The lowest BCUT2D eigenvalue weighted by molar-refractivity contribution is -0.145. The van der Waals surface area contributed by atoms with E-state index in [9.17, 15) is 48.6 Å². The Morgan fingerprint density at radius 3 is 1.85 bits per heavy atom. The van der Waals surface area contributed by atoms with E-state index >= 15 is 0 Å². The van der Waals surface area contributed by atoms with Crippen molar-refractivity contribution in [1.29, 1.82) is 0 Å². The van der Waals surface area contributed by atoms with Gasteiger partial charge in [0.15, 0.2) is 0 Å². The number of nitrogens with zero attached hydrogens (tertiary/aromatic N) is 2. The Labute approximate surface area is 346 Å². The first kappa shape index (κ1) is 49.0. The number of carboxylic acid groups (broad SMARTS) is 1. The summed E-state index contributed by atoms with van der Waals surface area (Å²) in [4.78, 5) is 109. The number of aliphatic hydroxyl groups excluding tert-OH is 1. The maximum absolute atomic E-state index is 13.9. The number of unbranched alkanes of at least 4 members (excludes halogenated alkanes) is 2. The summed E-state index contributed by atoms with van der Waals surface area (Å²) in [5, 5.41) is 36.6. The van der Waals surface area contributed by atoms with Crippen LogP contribution in [0.1, 0.15) is 105 Å². The number of amides is 7. The van der Waals surface area contributed by atoms with E-state index in [-0.39, 0.29) is 50.6 Å². The number of hydrogen-bond acceptors (Lipinski definition) is 12. The molecule has 0 aromatic rings. The van der Waals surface area contributed by atoms with Gasteiger partial charge in [-0.15, -0.1) is 0 Å². The fraction of sp³-hybridized carbons (Fsp3) is 0.795. The molecule has 0 spiro atoms. The minimum Gasteiger partial charge on any atom is -0.480 e. The summed E-state index contributed by atoms with van der Waals surface area (Å²) in [6, 6.07) is -7.97. The number of nitrogens with two attached hydrogens (primary N) is 2. The van der Waals surface area contributed by atoms with Crippen molar-refractivity contribution in [3.8, 4) is 0 Å². The number of nitrogens with one attached hydrogen (secondary N) is 6. The van der Waals surface area contributed by atoms with Crippen molar-refractivity contribution >= 4 is 47.3 Å². The SMILES string of the molecule is CC(C)C[C@H](NC(=O)[C@H](CCCCN)NC(=O)[C@@H]1C[C@@H](O)CN1C(=O)[C@H](C)NC(=O)[C@@H]1CCCN1)C(=O)N[C@@H](C)C(=O)N1CCC[C@H]1C(=O)N[C@@H](CCCCN)C(=O)O. The Morgan fingerprint density at radius 1 is 0.678 bits per heavy atom. The van der Waals surface area contributed by atoms with Crippen LogP contribution in [0.4, 0.5) is 0 Å².